The highest BCUT2D eigenvalue weighted by Crippen LogP contribution is 2.20. The fraction of sp³-hybridized carbons (Fsp3) is 0.667. The van der Waals surface area contributed by atoms with Gasteiger partial charge < -0.3 is 10.6 Å². The van der Waals surface area contributed by atoms with Crippen LogP contribution < -0.4 is 10.6 Å². The number of rotatable bonds is 8. The zero-order chi connectivity index (χ0) is 20.5. The van der Waals surface area contributed by atoms with Crippen molar-refractivity contribution in [2.45, 2.75) is 32.4 Å². The van der Waals surface area contributed by atoms with E-state index in [2.05, 4.69) is 57.7 Å². The Bertz CT molecular complexity index is 740. The summed E-state index contributed by atoms with van der Waals surface area (Å²) in [6, 6.07) is 11.1. The van der Waals surface area contributed by atoms with Gasteiger partial charge in [0.15, 0.2) is 15.8 Å². The van der Waals surface area contributed by atoms with Crippen LogP contribution in [-0.4, -0.2) is 87.5 Å². The molecule has 1 atom stereocenters. The number of hydrogen-bond acceptors (Lipinski definition) is 5. The maximum absolute atomic E-state index is 11.5. The maximum atomic E-state index is 11.5. The van der Waals surface area contributed by atoms with Crippen molar-refractivity contribution in [3.8, 4) is 0 Å². The Morgan fingerprint density at radius 1 is 1.14 bits per heavy atom. The lowest BCUT2D eigenvalue weighted by Gasteiger charge is -2.27. The average Bonchev–Trinajstić information content (AvgIpc) is 3.15. The molecule has 0 aliphatic carbocycles. The van der Waals surface area contributed by atoms with E-state index in [1.54, 1.807) is 0 Å². The second-order valence-corrected chi connectivity index (χ2v) is 10.2. The number of nitrogens with zero attached hydrogens (tertiary/aromatic N) is 3. The van der Waals surface area contributed by atoms with Crippen LogP contribution in [0.15, 0.2) is 35.3 Å². The molecule has 29 heavy (non-hydrogen) atoms. The summed E-state index contributed by atoms with van der Waals surface area (Å²) in [6.07, 6.45) is 2.42. The third-order valence-corrected chi connectivity index (χ3v) is 7.30. The molecule has 0 aromatic heterocycles. The Morgan fingerprint density at radius 3 is 2.62 bits per heavy atom. The molecule has 2 saturated heterocycles. The molecule has 3 rings (SSSR count). The van der Waals surface area contributed by atoms with Gasteiger partial charge in [-0.05, 0) is 31.9 Å². The van der Waals surface area contributed by atoms with Crippen LogP contribution in [0.5, 0.6) is 0 Å². The van der Waals surface area contributed by atoms with Gasteiger partial charge in [-0.1, -0.05) is 30.3 Å². The summed E-state index contributed by atoms with van der Waals surface area (Å²) < 4.78 is 23.1. The quantitative estimate of drug-likeness (QED) is 0.481. The van der Waals surface area contributed by atoms with Crippen LogP contribution in [0.2, 0.25) is 0 Å². The molecule has 2 aliphatic rings. The standard InChI is InChI=1S/C21H35N5O2S/c1-2-22-21(23-10-12-25-13-15-29(27,28)16-14-25)24-17-20-9-6-11-26(20)18-19-7-4-3-5-8-19/h3-5,7-8,20H,2,6,9-18H2,1H3,(H2,22,23,24). The summed E-state index contributed by atoms with van der Waals surface area (Å²) in [5.41, 5.74) is 1.36. The Kier molecular flexibility index (Phi) is 8.32. The zero-order valence-corrected chi connectivity index (χ0v) is 18.3. The van der Waals surface area contributed by atoms with E-state index in [1.807, 2.05) is 0 Å². The predicted octanol–water partition coefficient (Wildman–Crippen LogP) is 0.937. The molecule has 0 bridgehead atoms. The number of hydrogen-bond donors (Lipinski definition) is 2. The molecule has 7 nitrogen and oxygen atoms in total. The van der Waals surface area contributed by atoms with Crippen LogP contribution in [0, 0.1) is 0 Å². The van der Waals surface area contributed by atoms with Crippen molar-refractivity contribution in [3.63, 3.8) is 0 Å². The number of aliphatic imine (C=N–C) groups is 1. The summed E-state index contributed by atoms with van der Waals surface area (Å²) >= 11 is 0. The van der Waals surface area contributed by atoms with Crippen LogP contribution in [0.25, 0.3) is 0 Å². The first kappa shape index (κ1) is 22.1. The highest BCUT2D eigenvalue weighted by Gasteiger charge is 2.24. The Labute approximate surface area is 175 Å². The van der Waals surface area contributed by atoms with Crippen molar-refractivity contribution in [2.24, 2.45) is 4.99 Å². The van der Waals surface area contributed by atoms with Gasteiger partial charge in [-0.15, -0.1) is 0 Å². The highest BCUT2D eigenvalue weighted by atomic mass is 32.2. The molecule has 8 heteroatoms. The molecule has 0 spiro atoms. The third kappa shape index (κ3) is 7.28. The lowest BCUT2D eigenvalue weighted by molar-refractivity contribution is 0.250. The first-order valence-corrected chi connectivity index (χ1v) is 12.6. The van der Waals surface area contributed by atoms with E-state index >= 15 is 0 Å². The molecule has 2 fully saturated rings. The smallest absolute Gasteiger partial charge is 0.191 e. The van der Waals surface area contributed by atoms with Crippen molar-refractivity contribution in [3.05, 3.63) is 35.9 Å². The minimum atomic E-state index is -2.81. The molecule has 0 radical (unpaired) electrons. The molecule has 1 aromatic rings. The van der Waals surface area contributed by atoms with Crippen molar-refractivity contribution >= 4 is 15.8 Å². The molecule has 0 amide bonds. The second-order valence-electron chi connectivity index (χ2n) is 7.89. The van der Waals surface area contributed by atoms with E-state index in [0.717, 1.165) is 45.2 Å². The van der Waals surface area contributed by atoms with E-state index in [0.29, 0.717) is 19.1 Å². The van der Waals surface area contributed by atoms with Crippen molar-refractivity contribution in [1.82, 2.24) is 20.4 Å². The van der Waals surface area contributed by atoms with E-state index in [9.17, 15) is 8.42 Å². The van der Waals surface area contributed by atoms with Gasteiger partial charge in [0.05, 0.1) is 18.1 Å². The summed E-state index contributed by atoms with van der Waals surface area (Å²) in [7, 11) is -2.81. The van der Waals surface area contributed by atoms with Gasteiger partial charge >= 0.3 is 0 Å². The van der Waals surface area contributed by atoms with Crippen LogP contribution in [0.3, 0.4) is 0 Å². The number of guanidine groups is 1. The lowest BCUT2D eigenvalue weighted by Crippen LogP contribution is -2.46. The predicted molar refractivity (Wildman–Crippen MR) is 119 cm³/mol. The van der Waals surface area contributed by atoms with E-state index < -0.39 is 9.84 Å². The number of likely N-dealkylation sites (tertiary alicyclic amines) is 1. The number of benzene rings is 1. The van der Waals surface area contributed by atoms with Gasteiger partial charge in [0, 0.05) is 45.3 Å². The van der Waals surface area contributed by atoms with Crippen molar-refractivity contribution in [1.29, 1.82) is 0 Å². The molecule has 2 N–H and O–H groups in total. The lowest BCUT2D eigenvalue weighted by atomic mass is 10.2. The fourth-order valence-electron chi connectivity index (χ4n) is 3.97. The van der Waals surface area contributed by atoms with E-state index in [1.165, 1.54) is 18.4 Å². The summed E-state index contributed by atoms with van der Waals surface area (Å²) in [6.45, 7) is 8.69. The van der Waals surface area contributed by atoms with Crippen LogP contribution >= 0.6 is 0 Å². The molecule has 0 saturated carbocycles. The van der Waals surface area contributed by atoms with Gasteiger partial charge in [-0.25, -0.2) is 8.42 Å². The third-order valence-electron chi connectivity index (χ3n) is 5.69. The number of nitrogens with one attached hydrogen (secondary N) is 2. The Morgan fingerprint density at radius 2 is 1.90 bits per heavy atom. The van der Waals surface area contributed by atoms with Crippen molar-refractivity contribution < 1.29 is 8.42 Å². The largest absolute Gasteiger partial charge is 0.357 e. The molecular formula is C21H35N5O2S. The van der Waals surface area contributed by atoms with Gasteiger partial charge in [0.2, 0.25) is 0 Å². The van der Waals surface area contributed by atoms with E-state index in [-0.39, 0.29) is 11.5 Å². The summed E-state index contributed by atoms with van der Waals surface area (Å²) in [5.74, 6) is 1.41. The number of sulfone groups is 1. The normalized spacial score (nSPS) is 23.2. The van der Waals surface area contributed by atoms with Crippen molar-refractivity contribution in [2.75, 3.05) is 57.3 Å². The van der Waals surface area contributed by atoms with Gasteiger partial charge in [-0.2, -0.15) is 0 Å². The van der Waals surface area contributed by atoms with Gasteiger partial charge in [0.25, 0.3) is 0 Å². The van der Waals surface area contributed by atoms with Crippen LogP contribution in [0.1, 0.15) is 25.3 Å². The summed E-state index contributed by atoms with van der Waals surface area (Å²) in [5, 5.41) is 6.73. The summed E-state index contributed by atoms with van der Waals surface area (Å²) in [4.78, 5) is 9.57. The molecule has 1 aromatic carbocycles. The van der Waals surface area contributed by atoms with Crippen LogP contribution in [0.4, 0.5) is 0 Å². The fourth-order valence-corrected chi connectivity index (χ4v) is 5.25. The minimum absolute atomic E-state index is 0.278. The monoisotopic (exact) mass is 421 g/mol. The molecule has 1 unspecified atom stereocenters. The second kappa shape index (κ2) is 10.9. The minimum Gasteiger partial charge on any atom is -0.357 e. The Balaban J connectivity index is 1.45. The highest BCUT2D eigenvalue weighted by molar-refractivity contribution is 7.91. The first-order valence-electron chi connectivity index (χ1n) is 10.8. The zero-order valence-electron chi connectivity index (χ0n) is 17.5. The molecule has 2 heterocycles. The molecule has 2 aliphatic heterocycles. The van der Waals surface area contributed by atoms with Gasteiger partial charge in [0.1, 0.15) is 0 Å². The average molecular weight is 422 g/mol. The SMILES string of the molecule is CCNC(=NCC1CCCN1Cc1ccccc1)NCCN1CCS(=O)(=O)CC1. The Hall–Kier alpha value is -1.64. The van der Waals surface area contributed by atoms with Crippen LogP contribution in [-0.2, 0) is 16.4 Å². The maximum Gasteiger partial charge on any atom is 0.191 e. The molecular weight excluding hydrogens is 386 g/mol. The van der Waals surface area contributed by atoms with Gasteiger partial charge in [-0.3, -0.25) is 14.8 Å². The first-order chi connectivity index (χ1) is 14.1. The van der Waals surface area contributed by atoms with E-state index in [4.69, 9.17) is 4.99 Å². The molecule has 162 valence electrons. The topological polar surface area (TPSA) is 77.0 Å².